The van der Waals surface area contributed by atoms with Gasteiger partial charge in [0, 0.05) is 11.1 Å². The monoisotopic (exact) mass is 362 g/mol. The molecule has 1 saturated carbocycles. The van der Waals surface area contributed by atoms with Crippen LogP contribution in [0.15, 0.2) is 48.5 Å². The molecule has 2 heteroatoms. The third kappa shape index (κ3) is 6.07. The van der Waals surface area contributed by atoms with Crippen molar-refractivity contribution in [2.24, 2.45) is 11.8 Å². The summed E-state index contributed by atoms with van der Waals surface area (Å²) >= 11 is 0. The minimum Gasteiger partial charge on any atom is -0.497 e. The van der Waals surface area contributed by atoms with Crippen molar-refractivity contribution in [3.05, 3.63) is 59.7 Å². The molecule has 2 nitrogen and oxygen atoms in total. The first-order valence-corrected chi connectivity index (χ1v) is 10.2. The van der Waals surface area contributed by atoms with E-state index in [1.54, 1.807) is 7.11 Å². The van der Waals surface area contributed by atoms with Crippen molar-refractivity contribution in [2.45, 2.75) is 45.4 Å². The number of methoxy groups -OCH3 is 1. The molecule has 1 fully saturated rings. The van der Waals surface area contributed by atoms with E-state index in [1.165, 1.54) is 38.5 Å². The summed E-state index contributed by atoms with van der Waals surface area (Å²) in [6.07, 6.45) is 8.10. The van der Waals surface area contributed by atoms with Crippen molar-refractivity contribution in [3.63, 3.8) is 0 Å². The van der Waals surface area contributed by atoms with Crippen LogP contribution in [0.1, 0.15) is 56.6 Å². The summed E-state index contributed by atoms with van der Waals surface area (Å²) in [6, 6.07) is 15.9. The molecule has 0 radical (unpaired) electrons. The van der Waals surface area contributed by atoms with Gasteiger partial charge in [-0.2, -0.15) is 0 Å². The summed E-state index contributed by atoms with van der Waals surface area (Å²) in [5.41, 5.74) is 1.98. The molecule has 0 amide bonds. The third-order valence-electron chi connectivity index (χ3n) is 5.44. The fraction of sp³-hybridized carbons (Fsp3) is 0.440. The van der Waals surface area contributed by atoms with Crippen LogP contribution in [-0.2, 0) is 0 Å². The van der Waals surface area contributed by atoms with E-state index in [4.69, 9.17) is 9.47 Å². The van der Waals surface area contributed by atoms with E-state index in [1.807, 2.05) is 48.5 Å². The van der Waals surface area contributed by atoms with Gasteiger partial charge in [0.15, 0.2) is 0 Å². The highest BCUT2D eigenvalue weighted by molar-refractivity contribution is 5.45. The first kappa shape index (κ1) is 19.4. The number of hydrogen-bond acceptors (Lipinski definition) is 2. The Balaban J connectivity index is 1.47. The van der Waals surface area contributed by atoms with E-state index in [0.29, 0.717) is 5.92 Å². The largest absolute Gasteiger partial charge is 0.497 e. The SMILES string of the molecule is CCCC1CCC(COc2ccc(C#Cc3ccc(OC)cc3)cc2)CC1. The molecule has 0 spiro atoms. The molecule has 1 aliphatic carbocycles. The van der Waals surface area contributed by atoms with Gasteiger partial charge in [-0.15, -0.1) is 0 Å². The van der Waals surface area contributed by atoms with E-state index >= 15 is 0 Å². The predicted molar refractivity (Wildman–Crippen MR) is 111 cm³/mol. The highest BCUT2D eigenvalue weighted by Gasteiger charge is 2.20. The average molecular weight is 363 g/mol. The molecule has 0 atom stereocenters. The maximum atomic E-state index is 6.02. The Morgan fingerprint density at radius 2 is 1.30 bits per heavy atom. The number of ether oxygens (including phenoxy) is 2. The average Bonchev–Trinajstić information content (AvgIpc) is 2.73. The van der Waals surface area contributed by atoms with Crippen molar-refractivity contribution in [1.82, 2.24) is 0 Å². The fourth-order valence-corrected chi connectivity index (χ4v) is 3.76. The van der Waals surface area contributed by atoms with Gasteiger partial charge in [0.05, 0.1) is 13.7 Å². The number of hydrogen-bond donors (Lipinski definition) is 0. The Morgan fingerprint density at radius 1 is 0.778 bits per heavy atom. The zero-order valence-corrected chi connectivity index (χ0v) is 16.5. The van der Waals surface area contributed by atoms with Gasteiger partial charge in [0.25, 0.3) is 0 Å². The third-order valence-corrected chi connectivity index (χ3v) is 5.44. The second-order valence-electron chi connectivity index (χ2n) is 7.49. The Kier molecular flexibility index (Phi) is 7.22. The Labute approximate surface area is 163 Å². The van der Waals surface area contributed by atoms with Crippen LogP contribution in [-0.4, -0.2) is 13.7 Å². The van der Waals surface area contributed by atoms with Gasteiger partial charge in [-0.3, -0.25) is 0 Å². The van der Waals surface area contributed by atoms with Crippen LogP contribution < -0.4 is 9.47 Å². The Hall–Kier alpha value is -2.40. The number of rotatable bonds is 6. The molecule has 0 bridgehead atoms. The molecule has 3 rings (SSSR count). The van der Waals surface area contributed by atoms with Gasteiger partial charge in [-0.05, 0) is 73.2 Å². The normalized spacial score (nSPS) is 19.0. The summed E-state index contributed by atoms with van der Waals surface area (Å²) in [4.78, 5) is 0. The molecular formula is C25H30O2. The molecule has 0 aromatic heterocycles. The highest BCUT2D eigenvalue weighted by Crippen LogP contribution is 2.31. The van der Waals surface area contributed by atoms with Crippen molar-refractivity contribution in [1.29, 1.82) is 0 Å². The van der Waals surface area contributed by atoms with Crippen LogP contribution in [0, 0.1) is 23.7 Å². The lowest BCUT2D eigenvalue weighted by Gasteiger charge is -2.28. The maximum absolute atomic E-state index is 6.02. The molecule has 27 heavy (non-hydrogen) atoms. The van der Waals surface area contributed by atoms with Crippen LogP contribution in [0.25, 0.3) is 0 Å². The lowest BCUT2D eigenvalue weighted by molar-refractivity contribution is 0.178. The van der Waals surface area contributed by atoms with Crippen LogP contribution >= 0.6 is 0 Å². The van der Waals surface area contributed by atoms with E-state index < -0.39 is 0 Å². The molecule has 142 valence electrons. The smallest absolute Gasteiger partial charge is 0.119 e. The Bertz CT molecular complexity index is 742. The van der Waals surface area contributed by atoms with E-state index in [0.717, 1.165) is 35.2 Å². The molecule has 2 aromatic carbocycles. The van der Waals surface area contributed by atoms with Crippen molar-refractivity contribution in [2.75, 3.05) is 13.7 Å². The first-order chi connectivity index (χ1) is 13.3. The molecule has 0 saturated heterocycles. The molecule has 0 N–H and O–H groups in total. The predicted octanol–water partition coefficient (Wildman–Crippen LogP) is 6.08. The zero-order chi connectivity index (χ0) is 18.9. The molecular weight excluding hydrogens is 332 g/mol. The first-order valence-electron chi connectivity index (χ1n) is 10.2. The molecule has 2 aromatic rings. The Morgan fingerprint density at radius 3 is 1.81 bits per heavy atom. The van der Waals surface area contributed by atoms with Gasteiger partial charge < -0.3 is 9.47 Å². The van der Waals surface area contributed by atoms with Gasteiger partial charge in [0.2, 0.25) is 0 Å². The van der Waals surface area contributed by atoms with Crippen LogP contribution in [0.4, 0.5) is 0 Å². The van der Waals surface area contributed by atoms with Gasteiger partial charge >= 0.3 is 0 Å². The van der Waals surface area contributed by atoms with Crippen LogP contribution in [0.3, 0.4) is 0 Å². The van der Waals surface area contributed by atoms with Crippen LogP contribution in [0.2, 0.25) is 0 Å². The molecule has 0 aliphatic heterocycles. The standard InChI is InChI=1S/C25H30O2/c1-3-4-20-7-9-23(10-8-20)19-27-25-17-13-22(14-18-25)6-5-21-11-15-24(26-2)16-12-21/h11-18,20,23H,3-4,7-10,19H2,1-2H3. The molecule has 1 aliphatic rings. The summed E-state index contributed by atoms with van der Waals surface area (Å²) in [5, 5.41) is 0. The highest BCUT2D eigenvalue weighted by atomic mass is 16.5. The van der Waals surface area contributed by atoms with E-state index in [-0.39, 0.29) is 0 Å². The summed E-state index contributed by atoms with van der Waals surface area (Å²) in [7, 11) is 1.67. The number of benzene rings is 2. The topological polar surface area (TPSA) is 18.5 Å². The summed E-state index contributed by atoms with van der Waals surface area (Å²) in [6.45, 7) is 3.13. The minimum atomic E-state index is 0.715. The quantitative estimate of drug-likeness (QED) is 0.580. The maximum Gasteiger partial charge on any atom is 0.119 e. The zero-order valence-electron chi connectivity index (χ0n) is 16.5. The fourth-order valence-electron chi connectivity index (χ4n) is 3.76. The van der Waals surface area contributed by atoms with E-state index in [2.05, 4.69) is 18.8 Å². The van der Waals surface area contributed by atoms with Crippen LogP contribution in [0.5, 0.6) is 11.5 Å². The second-order valence-corrected chi connectivity index (χ2v) is 7.49. The lowest BCUT2D eigenvalue weighted by atomic mass is 9.80. The van der Waals surface area contributed by atoms with Gasteiger partial charge in [-0.1, -0.05) is 44.4 Å². The summed E-state index contributed by atoms with van der Waals surface area (Å²) in [5.74, 6) is 9.85. The molecule has 0 unspecified atom stereocenters. The van der Waals surface area contributed by atoms with Crippen molar-refractivity contribution >= 4 is 0 Å². The molecule has 0 heterocycles. The van der Waals surface area contributed by atoms with Crippen molar-refractivity contribution in [3.8, 4) is 23.3 Å². The van der Waals surface area contributed by atoms with E-state index in [9.17, 15) is 0 Å². The van der Waals surface area contributed by atoms with Crippen molar-refractivity contribution < 1.29 is 9.47 Å². The second kappa shape index (κ2) is 10.1. The van der Waals surface area contributed by atoms with Gasteiger partial charge in [0.1, 0.15) is 11.5 Å². The minimum absolute atomic E-state index is 0.715. The summed E-state index contributed by atoms with van der Waals surface area (Å²) < 4.78 is 11.2. The lowest BCUT2D eigenvalue weighted by Crippen LogP contribution is -2.20. The van der Waals surface area contributed by atoms with Gasteiger partial charge in [-0.25, -0.2) is 0 Å².